The van der Waals surface area contributed by atoms with Gasteiger partial charge in [-0.1, -0.05) is 6.07 Å². The summed E-state index contributed by atoms with van der Waals surface area (Å²) < 4.78 is 11.5. The van der Waals surface area contributed by atoms with Crippen molar-refractivity contribution in [1.82, 2.24) is 14.8 Å². The Morgan fingerprint density at radius 2 is 1.68 bits per heavy atom. The molecule has 31 heavy (non-hydrogen) atoms. The highest BCUT2D eigenvalue weighted by molar-refractivity contribution is 5.78. The van der Waals surface area contributed by atoms with Crippen LogP contribution in [0.15, 0.2) is 36.5 Å². The Kier molecular flexibility index (Phi) is 6.92. The number of piperazine rings is 1. The van der Waals surface area contributed by atoms with Gasteiger partial charge in [0.2, 0.25) is 5.91 Å². The molecule has 1 aromatic carbocycles. The van der Waals surface area contributed by atoms with E-state index in [2.05, 4.69) is 26.9 Å². The number of hydrogen-bond acceptors (Lipinski definition) is 6. The number of ether oxygens (including phenoxy) is 2. The van der Waals surface area contributed by atoms with E-state index >= 15 is 0 Å². The molecule has 0 N–H and O–H groups in total. The molecule has 7 heteroatoms. The van der Waals surface area contributed by atoms with E-state index in [9.17, 15) is 4.79 Å². The van der Waals surface area contributed by atoms with Crippen LogP contribution in [-0.2, 0) is 17.8 Å². The van der Waals surface area contributed by atoms with E-state index in [0.717, 1.165) is 63.0 Å². The SMILES string of the molecule is CCOc1cc2c(cc1OCC)CN(CC(=O)N1CCN(c3ccccn3)CC1)CC2. The zero-order chi connectivity index (χ0) is 21.6. The van der Waals surface area contributed by atoms with Crippen LogP contribution in [0.2, 0.25) is 0 Å². The zero-order valence-corrected chi connectivity index (χ0v) is 18.5. The summed E-state index contributed by atoms with van der Waals surface area (Å²) >= 11 is 0. The van der Waals surface area contributed by atoms with Crippen LogP contribution in [0.25, 0.3) is 0 Å². The summed E-state index contributed by atoms with van der Waals surface area (Å²) in [6.45, 7) is 10.4. The van der Waals surface area contributed by atoms with E-state index in [1.165, 1.54) is 11.1 Å². The lowest BCUT2D eigenvalue weighted by Crippen LogP contribution is -2.51. The number of hydrogen-bond donors (Lipinski definition) is 0. The third-order valence-electron chi connectivity index (χ3n) is 5.92. The highest BCUT2D eigenvalue weighted by atomic mass is 16.5. The lowest BCUT2D eigenvalue weighted by Gasteiger charge is -2.37. The second-order valence-electron chi connectivity index (χ2n) is 7.95. The van der Waals surface area contributed by atoms with Crippen molar-refractivity contribution in [3.8, 4) is 11.5 Å². The molecule has 7 nitrogen and oxygen atoms in total. The van der Waals surface area contributed by atoms with E-state index in [4.69, 9.17) is 9.47 Å². The van der Waals surface area contributed by atoms with Gasteiger partial charge in [-0.05, 0) is 55.7 Å². The zero-order valence-electron chi connectivity index (χ0n) is 18.5. The number of benzene rings is 1. The van der Waals surface area contributed by atoms with Crippen LogP contribution in [0, 0.1) is 0 Å². The van der Waals surface area contributed by atoms with Crippen LogP contribution < -0.4 is 14.4 Å². The Morgan fingerprint density at radius 1 is 0.968 bits per heavy atom. The second kappa shape index (κ2) is 10.0. The molecule has 1 fully saturated rings. The Labute approximate surface area is 184 Å². The predicted octanol–water partition coefficient (Wildman–Crippen LogP) is 2.59. The van der Waals surface area contributed by atoms with Gasteiger partial charge in [0.15, 0.2) is 11.5 Å². The third-order valence-corrected chi connectivity index (χ3v) is 5.92. The first-order valence-electron chi connectivity index (χ1n) is 11.3. The third kappa shape index (κ3) is 5.10. The van der Waals surface area contributed by atoms with Crippen molar-refractivity contribution in [1.29, 1.82) is 0 Å². The van der Waals surface area contributed by atoms with Crippen molar-refractivity contribution in [3.05, 3.63) is 47.7 Å². The molecule has 0 radical (unpaired) electrons. The summed E-state index contributed by atoms with van der Waals surface area (Å²) in [6, 6.07) is 10.2. The van der Waals surface area contributed by atoms with Gasteiger partial charge < -0.3 is 19.3 Å². The van der Waals surface area contributed by atoms with Crippen molar-refractivity contribution in [2.75, 3.05) is 57.4 Å². The van der Waals surface area contributed by atoms with Crippen LogP contribution >= 0.6 is 0 Å². The summed E-state index contributed by atoms with van der Waals surface area (Å²) in [7, 11) is 0. The molecule has 0 bridgehead atoms. The van der Waals surface area contributed by atoms with Crippen LogP contribution in [0.3, 0.4) is 0 Å². The maximum Gasteiger partial charge on any atom is 0.236 e. The Hall–Kier alpha value is -2.80. The minimum atomic E-state index is 0.208. The quantitative estimate of drug-likeness (QED) is 0.681. The summed E-state index contributed by atoms with van der Waals surface area (Å²) in [5, 5.41) is 0. The van der Waals surface area contributed by atoms with Crippen molar-refractivity contribution in [2.45, 2.75) is 26.8 Å². The van der Waals surface area contributed by atoms with E-state index < -0.39 is 0 Å². The lowest BCUT2D eigenvalue weighted by atomic mass is 9.98. The Morgan fingerprint density at radius 3 is 2.32 bits per heavy atom. The van der Waals surface area contributed by atoms with E-state index in [1.807, 2.05) is 43.1 Å². The van der Waals surface area contributed by atoms with Gasteiger partial charge in [0, 0.05) is 45.5 Å². The van der Waals surface area contributed by atoms with Gasteiger partial charge in [-0.2, -0.15) is 0 Å². The molecule has 0 aliphatic carbocycles. The van der Waals surface area contributed by atoms with Gasteiger partial charge in [-0.25, -0.2) is 4.98 Å². The average molecular weight is 425 g/mol. The standard InChI is InChI=1S/C24H32N4O3/c1-3-30-21-15-19-8-10-26(17-20(19)16-22(21)31-4-2)18-24(29)28-13-11-27(12-14-28)23-7-5-6-9-25-23/h5-7,9,15-16H,3-4,8,10-14,17-18H2,1-2H3. The molecular formula is C24H32N4O3. The number of nitrogens with zero attached hydrogens (tertiary/aromatic N) is 4. The average Bonchev–Trinajstić information content (AvgIpc) is 2.80. The molecular weight excluding hydrogens is 392 g/mol. The molecule has 3 heterocycles. The monoisotopic (exact) mass is 424 g/mol. The first kappa shape index (κ1) is 21.4. The number of carbonyl (C=O) groups is 1. The number of aromatic nitrogens is 1. The fraction of sp³-hybridized carbons (Fsp3) is 0.500. The van der Waals surface area contributed by atoms with Crippen LogP contribution in [0.4, 0.5) is 5.82 Å². The van der Waals surface area contributed by atoms with E-state index in [0.29, 0.717) is 19.8 Å². The van der Waals surface area contributed by atoms with Crippen LogP contribution in [0.5, 0.6) is 11.5 Å². The van der Waals surface area contributed by atoms with Crippen molar-refractivity contribution in [2.24, 2.45) is 0 Å². The van der Waals surface area contributed by atoms with Gasteiger partial charge in [0.1, 0.15) is 5.82 Å². The maximum absolute atomic E-state index is 12.9. The molecule has 4 rings (SSSR count). The van der Waals surface area contributed by atoms with Gasteiger partial charge >= 0.3 is 0 Å². The Balaban J connectivity index is 1.34. The Bertz CT molecular complexity index is 882. The minimum Gasteiger partial charge on any atom is -0.490 e. The first-order valence-corrected chi connectivity index (χ1v) is 11.3. The molecule has 0 atom stereocenters. The molecule has 1 aromatic heterocycles. The van der Waals surface area contributed by atoms with E-state index in [1.54, 1.807) is 0 Å². The summed E-state index contributed by atoms with van der Waals surface area (Å²) in [4.78, 5) is 23.8. The van der Waals surface area contributed by atoms with Gasteiger partial charge in [-0.15, -0.1) is 0 Å². The highest BCUT2D eigenvalue weighted by Crippen LogP contribution is 2.34. The van der Waals surface area contributed by atoms with Crippen molar-refractivity contribution in [3.63, 3.8) is 0 Å². The largest absolute Gasteiger partial charge is 0.490 e. The van der Waals surface area contributed by atoms with Gasteiger partial charge in [0.05, 0.1) is 19.8 Å². The molecule has 2 aromatic rings. The van der Waals surface area contributed by atoms with Crippen molar-refractivity contribution >= 4 is 11.7 Å². The van der Waals surface area contributed by atoms with Crippen molar-refractivity contribution < 1.29 is 14.3 Å². The molecule has 2 aliphatic heterocycles. The second-order valence-corrected chi connectivity index (χ2v) is 7.95. The fourth-order valence-corrected chi connectivity index (χ4v) is 4.31. The summed E-state index contributed by atoms with van der Waals surface area (Å²) in [6.07, 6.45) is 2.73. The topological polar surface area (TPSA) is 58.1 Å². The molecule has 2 aliphatic rings. The predicted molar refractivity (Wildman–Crippen MR) is 121 cm³/mol. The number of anilines is 1. The first-order chi connectivity index (χ1) is 15.2. The van der Waals surface area contributed by atoms with Gasteiger partial charge in [0.25, 0.3) is 0 Å². The van der Waals surface area contributed by atoms with Gasteiger partial charge in [-0.3, -0.25) is 9.69 Å². The number of pyridine rings is 1. The molecule has 1 saturated heterocycles. The minimum absolute atomic E-state index is 0.208. The molecule has 0 saturated carbocycles. The van der Waals surface area contributed by atoms with E-state index in [-0.39, 0.29) is 5.91 Å². The smallest absolute Gasteiger partial charge is 0.236 e. The van der Waals surface area contributed by atoms with Crippen LogP contribution in [0.1, 0.15) is 25.0 Å². The molecule has 166 valence electrons. The number of carbonyl (C=O) groups excluding carboxylic acids is 1. The number of rotatable bonds is 7. The summed E-state index contributed by atoms with van der Waals surface area (Å²) in [5.74, 6) is 2.80. The molecule has 0 spiro atoms. The molecule has 1 amide bonds. The lowest BCUT2D eigenvalue weighted by molar-refractivity contribution is -0.132. The normalized spacial score (nSPS) is 16.7. The fourth-order valence-electron chi connectivity index (χ4n) is 4.31. The molecule has 0 unspecified atom stereocenters. The number of amides is 1. The number of fused-ring (bicyclic) bond motifs is 1. The summed E-state index contributed by atoms with van der Waals surface area (Å²) in [5.41, 5.74) is 2.52. The maximum atomic E-state index is 12.9. The van der Waals surface area contributed by atoms with Crippen LogP contribution in [-0.4, -0.2) is 73.2 Å². The highest BCUT2D eigenvalue weighted by Gasteiger charge is 2.26.